The van der Waals surface area contributed by atoms with Crippen molar-refractivity contribution in [1.82, 2.24) is 14.7 Å². The summed E-state index contributed by atoms with van der Waals surface area (Å²) in [6.45, 7) is 11.1. The molecule has 1 aliphatic heterocycles. The third-order valence-corrected chi connectivity index (χ3v) is 4.08. The third-order valence-electron chi connectivity index (χ3n) is 4.08. The average molecular weight is 263 g/mol. The van der Waals surface area contributed by atoms with Gasteiger partial charge in [-0.3, -0.25) is 9.48 Å². The largest absolute Gasteiger partial charge is 0.340 e. The molecule has 0 aliphatic carbocycles. The molecule has 1 aromatic rings. The molecule has 0 spiro atoms. The Morgan fingerprint density at radius 2 is 2.16 bits per heavy atom. The Balaban J connectivity index is 2.18. The Bertz CT molecular complexity index is 464. The van der Waals surface area contributed by atoms with E-state index in [9.17, 15) is 4.79 Å². The highest BCUT2D eigenvalue weighted by molar-refractivity contribution is 5.73. The molecular weight excluding hydrogens is 238 g/mol. The summed E-state index contributed by atoms with van der Waals surface area (Å²) in [4.78, 5) is 13.5. The highest BCUT2D eigenvalue weighted by Crippen LogP contribution is 2.30. The number of likely N-dealkylation sites (tertiary alicyclic amines) is 1. The predicted octanol–water partition coefficient (Wildman–Crippen LogP) is 2.89. The van der Waals surface area contributed by atoms with Crippen LogP contribution in [0.4, 0.5) is 0 Å². The predicted molar refractivity (Wildman–Crippen MR) is 76.2 cm³/mol. The zero-order valence-corrected chi connectivity index (χ0v) is 12.7. The number of nitrogens with zero attached hydrogens (tertiary/aromatic N) is 3. The molecule has 0 N–H and O–H groups in total. The summed E-state index contributed by atoms with van der Waals surface area (Å²) >= 11 is 0. The van der Waals surface area contributed by atoms with Gasteiger partial charge < -0.3 is 4.90 Å². The van der Waals surface area contributed by atoms with Gasteiger partial charge in [0.2, 0.25) is 5.91 Å². The Morgan fingerprint density at radius 3 is 2.68 bits per heavy atom. The van der Waals surface area contributed by atoms with Crippen molar-refractivity contribution >= 4 is 5.91 Å². The smallest absolute Gasteiger partial charge is 0.219 e. The van der Waals surface area contributed by atoms with Gasteiger partial charge in [-0.1, -0.05) is 13.8 Å². The van der Waals surface area contributed by atoms with Crippen LogP contribution in [0, 0.1) is 6.92 Å². The monoisotopic (exact) mass is 263 g/mol. The molecule has 2 rings (SSSR count). The lowest BCUT2D eigenvalue weighted by Crippen LogP contribution is -2.44. The minimum absolute atomic E-state index is 0.187. The molecule has 19 heavy (non-hydrogen) atoms. The maximum absolute atomic E-state index is 11.5. The number of aromatic nitrogens is 2. The summed E-state index contributed by atoms with van der Waals surface area (Å²) in [7, 11) is 0. The first-order chi connectivity index (χ1) is 8.90. The minimum Gasteiger partial charge on any atom is -0.340 e. The Hall–Kier alpha value is -1.32. The maximum atomic E-state index is 11.5. The second-order valence-electron chi connectivity index (χ2n) is 6.05. The second-order valence-corrected chi connectivity index (χ2v) is 6.05. The summed E-state index contributed by atoms with van der Waals surface area (Å²) in [5.41, 5.74) is 2.40. The van der Waals surface area contributed by atoms with Crippen LogP contribution in [0.25, 0.3) is 0 Å². The van der Waals surface area contributed by atoms with Gasteiger partial charge in [-0.05, 0) is 38.7 Å². The number of hydrogen-bond donors (Lipinski definition) is 0. The number of amides is 1. The highest BCUT2D eigenvalue weighted by Gasteiger charge is 2.29. The van der Waals surface area contributed by atoms with Crippen LogP contribution in [0.3, 0.4) is 0 Å². The molecule has 106 valence electrons. The van der Waals surface area contributed by atoms with Crippen molar-refractivity contribution in [2.75, 3.05) is 6.54 Å². The Kier molecular flexibility index (Phi) is 3.97. The van der Waals surface area contributed by atoms with Gasteiger partial charge in [0.05, 0.1) is 11.7 Å². The fourth-order valence-corrected chi connectivity index (χ4v) is 3.10. The highest BCUT2D eigenvalue weighted by atomic mass is 16.2. The fourth-order valence-electron chi connectivity index (χ4n) is 3.10. The lowest BCUT2D eigenvalue weighted by molar-refractivity contribution is -0.132. The first-order valence-corrected chi connectivity index (χ1v) is 7.23. The van der Waals surface area contributed by atoms with Crippen LogP contribution in [-0.4, -0.2) is 33.2 Å². The van der Waals surface area contributed by atoms with E-state index >= 15 is 0 Å². The molecule has 1 saturated heterocycles. The van der Waals surface area contributed by atoms with E-state index in [-0.39, 0.29) is 5.91 Å². The van der Waals surface area contributed by atoms with E-state index in [0.29, 0.717) is 18.0 Å². The van der Waals surface area contributed by atoms with Crippen molar-refractivity contribution < 1.29 is 4.79 Å². The van der Waals surface area contributed by atoms with Crippen LogP contribution in [0.5, 0.6) is 0 Å². The van der Waals surface area contributed by atoms with Gasteiger partial charge in [-0.15, -0.1) is 0 Å². The molecule has 1 fully saturated rings. The van der Waals surface area contributed by atoms with E-state index in [1.165, 1.54) is 5.69 Å². The SMILES string of the molecule is CC(=O)N1CCC(n2nc(C)cc2C(C)C)CC1C. The van der Waals surface area contributed by atoms with Gasteiger partial charge in [0, 0.05) is 25.2 Å². The normalized spacial score (nSPS) is 24.0. The van der Waals surface area contributed by atoms with Crippen LogP contribution < -0.4 is 0 Å². The van der Waals surface area contributed by atoms with E-state index < -0.39 is 0 Å². The first-order valence-electron chi connectivity index (χ1n) is 7.23. The van der Waals surface area contributed by atoms with Crippen LogP contribution in [0.2, 0.25) is 0 Å². The molecule has 4 nitrogen and oxygen atoms in total. The van der Waals surface area contributed by atoms with Crippen LogP contribution in [-0.2, 0) is 4.79 Å². The molecule has 0 aromatic carbocycles. The van der Waals surface area contributed by atoms with Crippen LogP contribution in [0.1, 0.15) is 63.9 Å². The molecule has 0 radical (unpaired) electrons. The van der Waals surface area contributed by atoms with Gasteiger partial charge >= 0.3 is 0 Å². The second kappa shape index (κ2) is 5.35. The number of aryl methyl sites for hydroxylation is 1. The van der Waals surface area contributed by atoms with Crippen molar-refractivity contribution in [3.8, 4) is 0 Å². The van der Waals surface area contributed by atoms with Gasteiger partial charge in [0.15, 0.2) is 0 Å². The quantitative estimate of drug-likeness (QED) is 0.823. The molecule has 0 saturated carbocycles. The van der Waals surface area contributed by atoms with E-state index in [0.717, 1.165) is 25.1 Å². The molecule has 2 heterocycles. The number of hydrogen-bond acceptors (Lipinski definition) is 2. The van der Waals surface area contributed by atoms with E-state index in [2.05, 4.69) is 43.5 Å². The summed E-state index contributed by atoms with van der Waals surface area (Å²) in [5.74, 6) is 0.675. The topological polar surface area (TPSA) is 38.1 Å². The molecule has 1 amide bonds. The van der Waals surface area contributed by atoms with Crippen LogP contribution >= 0.6 is 0 Å². The molecule has 0 bridgehead atoms. The summed E-state index contributed by atoms with van der Waals surface area (Å²) in [6.07, 6.45) is 2.01. The van der Waals surface area contributed by atoms with E-state index in [1.807, 2.05) is 4.90 Å². The van der Waals surface area contributed by atoms with Gasteiger partial charge in [0.25, 0.3) is 0 Å². The van der Waals surface area contributed by atoms with Crippen molar-refractivity contribution in [2.45, 2.75) is 65.5 Å². The summed E-state index contributed by atoms with van der Waals surface area (Å²) in [6, 6.07) is 2.92. The standard InChI is InChI=1S/C15H25N3O/c1-10(2)15-8-11(3)16-18(15)14-6-7-17(13(5)19)12(4)9-14/h8,10,12,14H,6-7,9H2,1-5H3. The van der Waals surface area contributed by atoms with Crippen molar-refractivity contribution in [3.05, 3.63) is 17.5 Å². The maximum Gasteiger partial charge on any atom is 0.219 e. The van der Waals surface area contributed by atoms with Crippen molar-refractivity contribution in [3.63, 3.8) is 0 Å². The van der Waals surface area contributed by atoms with Gasteiger partial charge in [-0.25, -0.2) is 0 Å². The van der Waals surface area contributed by atoms with E-state index in [1.54, 1.807) is 6.92 Å². The van der Waals surface area contributed by atoms with Crippen molar-refractivity contribution in [2.24, 2.45) is 0 Å². The molecule has 4 heteroatoms. The lowest BCUT2D eigenvalue weighted by atomic mass is 9.97. The summed E-state index contributed by atoms with van der Waals surface area (Å²) < 4.78 is 2.20. The average Bonchev–Trinajstić information content (AvgIpc) is 2.70. The molecule has 1 aromatic heterocycles. The molecule has 1 aliphatic rings. The number of piperidine rings is 1. The zero-order valence-electron chi connectivity index (χ0n) is 12.7. The van der Waals surface area contributed by atoms with E-state index in [4.69, 9.17) is 0 Å². The number of rotatable bonds is 2. The number of carbonyl (C=O) groups excluding carboxylic acids is 1. The minimum atomic E-state index is 0.187. The lowest BCUT2D eigenvalue weighted by Gasteiger charge is -2.38. The molecule has 2 atom stereocenters. The summed E-state index contributed by atoms with van der Waals surface area (Å²) in [5, 5.41) is 4.67. The fraction of sp³-hybridized carbons (Fsp3) is 0.733. The third kappa shape index (κ3) is 2.82. The van der Waals surface area contributed by atoms with Crippen molar-refractivity contribution in [1.29, 1.82) is 0 Å². The van der Waals surface area contributed by atoms with Gasteiger partial charge in [0.1, 0.15) is 0 Å². The number of carbonyl (C=O) groups is 1. The molecule has 2 unspecified atom stereocenters. The van der Waals surface area contributed by atoms with Gasteiger partial charge in [-0.2, -0.15) is 5.10 Å². The zero-order chi connectivity index (χ0) is 14.2. The Morgan fingerprint density at radius 1 is 1.47 bits per heavy atom. The Labute approximate surface area is 115 Å². The first kappa shape index (κ1) is 14.1. The van der Waals surface area contributed by atoms with Crippen LogP contribution in [0.15, 0.2) is 6.07 Å². The molecular formula is C15H25N3O.